The molecule has 1 nitrogen and oxygen atoms in total. The molecule has 0 saturated heterocycles. The van der Waals surface area contributed by atoms with Crippen LogP contribution in [0.1, 0.15) is 40.9 Å². The number of Topliss-reactive ketones (excluding diaryl/α,β-unsaturated/α-hetero) is 1. The first-order valence-corrected chi connectivity index (χ1v) is 8.26. The largest absolute Gasteiger partial charge is 0.293 e. The van der Waals surface area contributed by atoms with Crippen molar-refractivity contribution in [2.45, 2.75) is 44.3 Å². The van der Waals surface area contributed by atoms with E-state index in [1.54, 1.807) is 11.8 Å². The van der Waals surface area contributed by atoms with Crippen LogP contribution in [0.25, 0.3) is 0 Å². The van der Waals surface area contributed by atoms with Crippen LogP contribution in [0.4, 0.5) is 0 Å². The molecule has 2 heteroatoms. The Balaban J connectivity index is 2.13. The number of thioether (sulfide) groups is 1. The van der Waals surface area contributed by atoms with Gasteiger partial charge in [-0.2, -0.15) is 0 Å². The highest BCUT2D eigenvalue weighted by Crippen LogP contribution is 2.29. The number of aryl methyl sites for hydroxylation is 3. The molecule has 2 aromatic carbocycles. The van der Waals surface area contributed by atoms with E-state index in [2.05, 4.69) is 39.0 Å². The van der Waals surface area contributed by atoms with Crippen molar-refractivity contribution in [2.75, 3.05) is 0 Å². The highest BCUT2D eigenvalue weighted by molar-refractivity contribution is 8.00. The van der Waals surface area contributed by atoms with E-state index >= 15 is 0 Å². The topological polar surface area (TPSA) is 17.1 Å². The van der Waals surface area contributed by atoms with Gasteiger partial charge in [0.15, 0.2) is 5.78 Å². The van der Waals surface area contributed by atoms with Crippen molar-refractivity contribution >= 4 is 17.5 Å². The summed E-state index contributed by atoms with van der Waals surface area (Å²) in [6.07, 6.45) is 1.00. The maximum absolute atomic E-state index is 12.5. The zero-order valence-electron chi connectivity index (χ0n) is 13.1. The summed E-state index contributed by atoms with van der Waals surface area (Å²) in [5, 5.41) is -0.0713. The first kappa shape index (κ1) is 15.8. The Morgan fingerprint density at radius 2 is 1.76 bits per heavy atom. The predicted molar refractivity (Wildman–Crippen MR) is 91.4 cm³/mol. The maximum Gasteiger partial charge on any atom is 0.175 e. The van der Waals surface area contributed by atoms with Gasteiger partial charge in [0.2, 0.25) is 0 Å². The maximum atomic E-state index is 12.5. The van der Waals surface area contributed by atoms with Crippen molar-refractivity contribution in [1.82, 2.24) is 0 Å². The third-order valence-electron chi connectivity index (χ3n) is 3.66. The molecule has 0 heterocycles. The number of hydrogen-bond donors (Lipinski definition) is 0. The number of hydrogen-bond acceptors (Lipinski definition) is 2. The van der Waals surface area contributed by atoms with Crippen LogP contribution in [0, 0.1) is 13.8 Å². The fourth-order valence-corrected chi connectivity index (χ4v) is 3.35. The van der Waals surface area contributed by atoms with Crippen molar-refractivity contribution in [3.05, 3.63) is 64.7 Å². The van der Waals surface area contributed by atoms with Crippen molar-refractivity contribution in [3.8, 4) is 0 Å². The van der Waals surface area contributed by atoms with E-state index in [0.29, 0.717) is 0 Å². The van der Waals surface area contributed by atoms with Crippen LogP contribution in [0.15, 0.2) is 47.4 Å². The standard InChI is InChI=1S/C19H22OS/c1-5-16-8-10-17(11-9-16)19(20)15(4)21-18-12-13(2)6-7-14(18)3/h6-12,15H,5H2,1-4H3. The smallest absolute Gasteiger partial charge is 0.175 e. The molecule has 0 fully saturated rings. The molecule has 110 valence electrons. The van der Waals surface area contributed by atoms with Gasteiger partial charge in [-0.05, 0) is 44.4 Å². The number of carbonyl (C=O) groups excluding carboxylic acids is 1. The summed E-state index contributed by atoms with van der Waals surface area (Å²) in [5.74, 6) is 0.198. The third-order valence-corrected chi connectivity index (χ3v) is 4.92. The Labute approximate surface area is 131 Å². The molecule has 2 rings (SSSR count). The van der Waals surface area contributed by atoms with Crippen molar-refractivity contribution in [1.29, 1.82) is 0 Å². The number of ketones is 1. The highest BCUT2D eigenvalue weighted by Gasteiger charge is 2.17. The van der Waals surface area contributed by atoms with E-state index in [1.165, 1.54) is 21.6 Å². The molecule has 1 atom stereocenters. The molecule has 1 unspecified atom stereocenters. The van der Waals surface area contributed by atoms with Crippen molar-refractivity contribution < 1.29 is 4.79 Å². The molecule has 0 aliphatic heterocycles. The van der Waals surface area contributed by atoms with Crippen LogP contribution < -0.4 is 0 Å². The third kappa shape index (κ3) is 3.98. The highest BCUT2D eigenvalue weighted by atomic mass is 32.2. The Kier molecular flexibility index (Phi) is 5.24. The number of rotatable bonds is 5. The molecular weight excluding hydrogens is 276 g/mol. The van der Waals surface area contributed by atoms with E-state index in [9.17, 15) is 4.79 Å². The molecule has 0 spiro atoms. The molecular formula is C19H22OS. The van der Waals surface area contributed by atoms with Gasteiger partial charge in [0.05, 0.1) is 5.25 Å². The van der Waals surface area contributed by atoms with Crippen molar-refractivity contribution in [2.24, 2.45) is 0 Å². The average molecular weight is 298 g/mol. The lowest BCUT2D eigenvalue weighted by Crippen LogP contribution is -2.13. The summed E-state index contributed by atoms with van der Waals surface area (Å²) in [5.41, 5.74) is 4.53. The quantitative estimate of drug-likeness (QED) is 0.555. The average Bonchev–Trinajstić information content (AvgIpc) is 2.50. The lowest BCUT2D eigenvalue weighted by molar-refractivity contribution is 0.0994. The summed E-state index contributed by atoms with van der Waals surface area (Å²) in [7, 11) is 0. The monoisotopic (exact) mass is 298 g/mol. The molecule has 2 aromatic rings. The van der Waals surface area contributed by atoms with E-state index < -0.39 is 0 Å². The van der Waals surface area contributed by atoms with Crippen LogP contribution in [0.3, 0.4) is 0 Å². The van der Waals surface area contributed by atoms with Gasteiger partial charge < -0.3 is 0 Å². The zero-order valence-corrected chi connectivity index (χ0v) is 14.0. The van der Waals surface area contributed by atoms with Gasteiger partial charge in [0.25, 0.3) is 0 Å². The summed E-state index contributed by atoms with van der Waals surface area (Å²) in [6.45, 7) is 8.28. The molecule has 0 saturated carbocycles. The number of benzene rings is 2. The fraction of sp³-hybridized carbons (Fsp3) is 0.316. The first-order chi connectivity index (χ1) is 10.0. The van der Waals surface area contributed by atoms with Gasteiger partial charge in [-0.3, -0.25) is 4.79 Å². The van der Waals surface area contributed by atoms with E-state index in [4.69, 9.17) is 0 Å². The van der Waals surface area contributed by atoms with Gasteiger partial charge in [0.1, 0.15) is 0 Å². The van der Waals surface area contributed by atoms with Gasteiger partial charge >= 0.3 is 0 Å². The van der Waals surface area contributed by atoms with Crippen LogP contribution in [-0.2, 0) is 6.42 Å². The van der Waals surface area contributed by atoms with Gasteiger partial charge in [-0.25, -0.2) is 0 Å². The molecule has 0 amide bonds. The van der Waals surface area contributed by atoms with Crippen LogP contribution in [0.2, 0.25) is 0 Å². The normalized spacial score (nSPS) is 12.2. The van der Waals surface area contributed by atoms with Crippen LogP contribution in [0.5, 0.6) is 0 Å². The second-order valence-corrected chi connectivity index (χ2v) is 6.83. The fourth-order valence-electron chi connectivity index (χ4n) is 2.22. The second kappa shape index (κ2) is 6.95. The molecule has 0 aliphatic carbocycles. The molecule has 0 radical (unpaired) electrons. The lowest BCUT2D eigenvalue weighted by Gasteiger charge is -2.13. The SMILES string of the molecule is CCc1ccc(C(=O)C(C)Sc2cc(C)ccc2C)cc1. The van der Waals surface area contributed by atoms with E-state index in [0.717, 1.165) is 12.0 Å². The second-order valence-electron chi connectivity index (χ2n) is 5.44. The summed E-state index contributed by atoms with van der Waals surface area (Å²) in [6, 6.07) is 14.4. The zero-order chi connectivity index (χ0) is 15.4. The minimum absolute atomic E-state index is 0.0713. The predicted octanol–water partition coefficient (Wildman–Crippen LogP) is 5.23. The first-order valence-electron chi connectivity index (χ1n) is 7.38. The van der Waals surface area contributed by atoms with Crippen molar-refractivity contribution in [3.63, 3.8) is 0 Å². The molecule has 0 aromatic heterocycles. The van der Waals surface area contributed by atoms with Gasteiger partial charge in [0, 0.05) is 10.5 Å². The van der Waals surface area contributed by atoms with E-state index in [-0.39, 0.29) is 11.0 Å². The Morgan fingerprint density at radius 1 is 1.10 bits per heavy atom. The van der Waals surface area contributed by atoms with E-state index in [1.807, 2.05) is 31.2 Å². The Hall–Kier alpha value is -1.54. The Morgan fingerprint density at radius 3 is 2.38 bits per heavy atom. The minimum atomic E-state index is -0.0713. The molecule has 0 N–H and O–H groups in total. The summed E-state index contributed by atoms with van der Waals surface area (Å²) >= 11 is 1.65. The van der Waals surface area contributed by atoms with Crippen LogP contribution in [-0.4, -0.2) is 11.0 Å². The molecule has 0 bridgehead atoms. The minimum Gasteiger partial charge on any atom is -0.293 e. The molecule has 21 heavy (non-hydrogen) atoms. The molecule has 0 aliphatic rings. The summed E-state index contributed by atoms with van der Waals surface area (Å²) < 4.78 is 0. The lowest BCUT2D eigenvalue weighted by atomic mass is 10.1. The van der Waals surface area contributed by atoms with Crippen LogP contribution >= 0.6 is 11.8 Å². The summed E-state index contributed by atoms with van der Waals surface area (Å²) in [4.78, 5) is 13.7. The number of carbonyl (C=O) groups is 1. The van der Waals surface area contributed by atoms with Gasteiger partial charge in [-0.15, -0.1) is 11.8 Å². The van der Waals surface area contributed by atoms with Gasteiger partial charge in [-0.1, -0.05) is 48.9 Å². The Bertz CT molecular complexity index is 629.